The molecule has 0 radical (unpaired) electrons. The van der Waals surface area contributed by atoms with Gasteiger partial charge in [-0.25, -0.2) is 0 Å². The third kappa shape index (κ3) is 7.59. The van der Waals surface area contributed by atoms with Crippen molar-refractivity contribution in [2.75, 3.05) is 44.2 Å². The monoisotopic (exact) mass is 463 g/mol. The lowest BCUT2D eigenvalue weighted by Crippen LogP contribution is -2.48. The van der Waals surface area contributed by atoms with Crippen LogP contribution in [0.5, 0.6) is 0 Å². The van der Waals surface area contributed by atoms with Gasteiger partial charge in [0.05, 0.1) is 0 Å². The number of anilines is 1. The summed E-state index contributed by atoms with van der Waals surface area (Å²) in [5, 5.41) is 0. The topological polar surface area (TPSA) is 26.8 Å². The van der Waals surface area contributed by atoms with Crippen molar-refractivity contribution in [3.05, 3.63) is 65.7 Å². The minimum Gasteiger partial charge on any atom is -0.369 e. The van der Waals surface area contributed by atoms with Crippen LogP contribution < -0.4 is 4.90 Å². The van der Waals surface area contributed by atoms with E-state index in [9.17, 15) is 4.79 Å². The van der Waals surface area contributed by atoms with E-state index < -0.39 is 0 Å². The highest BCUT2D eigenvalue weighted by Crippen LogP contribution is 2.31. The Morgan fingerprint density at radius 1 is 0.853 bits per heavy atom. The molecule has 0 spiro atoms. The normalized spacial score (nSPS) is 20.9. The second-order valence-corrected chi connectivity index (χ2v) is 9.84. The van der Waals surface area contributed by atoms with Crippen LogP contribution in [-0.2, 0) is 11.3 Å². The van der Waals surface area contributed by atoms with Gasteiger partial charge in [0.1, 0.15) is 0 Å². The average molecular weight is 464 g/mol. The second kappa shape index (κ2) is 13.5. The number of hydrogen-bond acceptors (Lipinski definition) is 3. The summed E-state index contributed by atoms with van der Waals surface area (Å²) in [4.78, 5) is 19.6. The number of carbonyl (C=O) groups excluding carboxylic acids is 1. The molecule has 2 fully saturated rings. The SMILES string of the molecule is CC.CC(=O)N(Cc1ccccc1C)CC1CCC(CN2CCN(c3ccccc3)CC2)CC1. The maximum Gasteiger partial charge on any atom is 0.219 e. The summed E-state index contributed by atoms with van der Waals surface area (Å²) in [6, 6.07) is 19.2. The van der Waals surface area contributed by atoms with Gasteiger partial charge in [-0.15, -0.1) is 0 Å². The predicted octanol–water partition coefficient (Wildman–Crippen LogP) is 6.00. The first kappa shape index (κ1) is 26.3. The molecular weight excluding hydrogens is 418 g/mol. The molecule has 1 aliphatic heterocycles. The maximum absolute atomic E-state index is 12.3. The standard InChI is InChI=1S/C28H39N3O.C2H6/c1-23-8-6-7-9-27(23)22-31(24(2)32)21-26-14-12-25(13-15-26)20-29-16-18-30(19-17-29)28-10-4-3-5-11-28;1-2/h3-11,25-26H,12-22H2,1-2H3;1-2H3. The zero-order valence-electron chi connectivity index (χ0n) is 21.9. The Bertz CT molecular complexity index is 852. The highest BCUT2D eigenvalue weighted by Gasteiger charge is 2.26. The van der Waals surface area contributed by atoms with Gasteiger partial charge < -0.3 is 9.80 Å². The van der Waals surface area contributed by atoms with Gasteiger partial charge in [-0.05, 0) is 67.7 Å². The van der Waals surface area contributed by atoms with Crippen LogP contribution in [0, 0.1) is 18.8 Å². The molecule has 1 saturated carbocycles. The van der Waals surface area contributed by atoms with Gasteiger partial charge in [-0.3, -0.25) is 9.69 Å². The number of hydrogen-bond donors (Lipinski definition) is 0. The van der Waals surface area contributed by atoms with Gasteiger partial charge in [0.2, 0.25) is 5.91 Å². The number of benzene rings is 2. The zero-order chi connectivity index (χ0) is 24.3. The molecule has 34 heavy (non-hydrogen) atoms. The molecule has 2 aliphatic rings. The quantitative estimate of drug-likeness (QED) is 0.504. The fourth-order valence-electron chi connectivity index (χ4n) is 5.40. The summed E-state index contributed by atoms with van der Waals surface area (Å²) < 4.78 is 0. The van der Waals surface area contributed by atoms with Crippen LogP contribution in [0.2, 0.25) is 0 Å². The van der Waals surface area contributed by atoms with E-state index in [0.29, 0.717) is 5.92 Å². The van der Waals surface area contributed by atoms with Crippen molar-refractivity contribution in [2.45, 2.75) is 59.9 Å². The molecule has 0 aromatic heterocycles. The van der Waals surface area contributed by atoms with Crippen LogP contribution >= 0.6 is 0 Å². The van der Waals surface area contributed by atoms with Crippen molar-refractivity contribution in [1.29, 1.82) is 0 Å². The minimum atomic E-state index is 0.201. The first-order chi connectivity index (χ1) is 16.6. The van der Waals surface area contributed by atoms with E-state index >= 15 is 0 Å². The molecule has 1 heterocycles. The summed E-state index contributed by atoms with van der Waals surface area (Å²) in [5.41, 5.74) is 3.90. The van der Waals surface area contributed by atoms with E-state index in [2.05, 4.69) is 76.2 Å². The molecular formula is C30H45N3O. The van der Waals surface area contributed by atoms with Gasteiger partial charge in [0.25, 0.3) is 0 Å². The molecule has 1 aliphatic carbocycles. The molecule has 0 N–H and O–H groups in total. The Labute approximate surface area is 207 Å². The van der Waals surface area contributed by atoms with E-state index in [1.165, 1.54) is 62.1 Å². The van der Waals surface area contributed by atoms with Crippen molar-refractivity contribution in [2.24, 2.45) is 11.8 Å². The molecule has 2 aromatic rings. The fourth-order valence-corrected chi connectivity index (χ4v) is 5.40. The van der Waals surface area contributed by atoms with Crippen molar-refractivity contribution >= 4 is 11.6 Å². The smallest absolute Gasteiger partial charge is 0.219 e. The lowest BCUT2D eigenvalue weighted by atomic mass is 9.81. The Morgan fingerprint density at radius 3 is 2.06 bits per heavy atom. The highest BCUT2D eigenvalue weighted by molar-refractivity contribution is 5.73. The zero-order valence-corrected chi connectivity index (χ0v) is 21.9. The number of rotatable bonds is 7. The molecule has 4 heteroatoms. The molecule has 4 nitrogen and oxygen atoms in total. The van der Waals surface area contributed by atoms with Crippen molar-refractivity contribution < 1.29 is 4.79 Å². The molecule has 0 unspecified atom stereocenters. The first-order valence-corrected chi connectivity index (χ1v) is 13.4. The number of nitrogens with zero attached hydrogens (tertiary/aromatic N) is 3. The lowest BCUT2D eigenvalue weighted by Gasteiger charge is -2.39. The van der Waals surface area contributed by atoms with Gasteiger partial charge in [0, 0.05) is 58.4 Å². The van der Waals surface area contributed by atoms with Crippen LogP contribution in [0.25, 0.3) is 0 Å². The van der Waals surface area contributed by atoms with Crippen molar-refractivity contribution in [3.63, 3.8) is 0 Å². The van der Waals surface area contributed by atoms with Gasteiger partial charge in [0.15, 0.2) is 0 Å². The van der Waals surface area contributed by atoms with Crippen LogP contribution in [0.1, 0.15) is 57.6 Å². The van der Waals surface area contributed by atoms with E-state index in [1.54, 1.807) is 6.92 Å². The number of aryl methyl sites for hydroxylation is 1. The fraction of sp³-hybridized carbons (Fsp3) is 0.567. The third-order valence-corrected chi connectivity index (χ3v) is 7.52. The largest absolute Gasteiger partial charge is 0.369 e. The summed E-state index contributed by atoms with van der Waals surface area (Å²) in [6.07, 6.45) is 5.12. The Hall–Kier alpha value is -2.33. The summed E-state index contributed by atoms with van der Waals surface area (Å²) in [7, 11) is 0. The molecule has 0 bridgehead atoms. The Morgan fingerprint density at radius 2 is 1.44 bits per heavy atom. The van der Waals surface area contributed by atoms with Crippen LogP contribution in [0.15, 0.2) is 54.6 Å². The molecule has 2 aromatic carbocycles. The van der Waals surface area contributed by atoms with Crippen molar-refractivity contribution in [1.82, 2.24) is 9.80 Å². The van der Waals surface area contributed by atoms with Gasteiger partial charge in [-0.1, -0.05) is 56.3 Å². The highest BCUT2D eigenvalue weighted by atomic mass is 16.2. The van der Waals surface area contributed by atoms with E-state index in [1.807, 2.05) is 13.8 Å². The van der Waals surface area contributed by atoms with Gasteiger partial charge in [-0.2, -0.15) is 0 Å². The minimum absolute atomic E-state index is 0.201. The Kier molecular flexibility index (Phi) is 10.5. The van der Waals surface area contributed by atoms with E-state index in [-0.39, 0.29) is 5.91 Å². The maximum atomic E-state index is 12.3. The number of amides is 1. The second-order valence-electron chi connectivity index (χ2n) is 9.84. The van der Waals surface area contributed by atoms with Crippen LogP contribution in [0.4, 0.5) is 5.69 Å². The Balaban J connectivity index is 0.00000158. The third-order valence-electron chi connectivity index (χ3n) is 7.52. The lowest BCUT2D eigenvalue weighted by molar-refractivity contribution is -0.130. The summed E-state index contributed by atoms with van der Waals surface area (Å²) >= 11 is 0. The average Bonchev–Trinajstić information content (AvgIpc) is 2.88. The molecule has 0 atom stereocenters. The number of para-hydroxylation sites is 1. The molecule has 1 saturated heterocycles. The van der Waals surface area contributed by atoms with Crippen molar-refractivity contribution in [3.8, 4) is 0 Å². The van der Waals surface area contributed by atoms with Gasteiger partial charge >= 0.3 is 0 Å². The van der Waals surface area contributed by atoms with Crippen LogP contribution in [0.3, 0.4) is 0 Å². The van der Waals surface area contributed by atoms with E-state index in [4.69, 9.17) is 0 Å². The molecule has 1 amide bonds. The molecule has 4 rings (SSSR count). The summed E-state index contributed by atoms with van der Waals surface area (Å²) in [5.74, 6) is 1.66. The summed E-state index contributed by atoms with van der Waals surface area (Å²) in [6.45, 7) is 15.4. The van der Waals surface area contributed by atoms with E-state index in [0.717, 1.165) is 32.1 Å². The molecule has 186 valence electrons. The number of piperazine rings is 1. The predicted molar refractivity (Wildman–Crippen MR) is 144 cm³/mol. The number of carbonyl (C=O) groups is 1. The first-order valence-electron chi connectivity index (χ1n) is 13.4. The van der Waals surface area contributed by atoms with Crippen LogP contribution in [-0.4, -0.2) is 55.0 Å².